The normalized spacial score (nSPS) is 17.4. The van der Waals surface area contributed by atoms with Crippen LogP contribution in [0.3, 0.4) is 0 Å². The van der Waals surface area contributed by atoms with E-state index in [2.05, 4.69) is 15.3 Å². The van der Waals surface area contributed by atoms with Gasteiger partial charge in [-0.15, -0.1) is 0 Å². The van der Waals surface area contributed by atoms with E-state index in [0.717, 1.165) is 50.0 Å². The molecule has 9 nitrogen and oxygen atoms in total. The van der Waals surface area contributed by atoms with Crippen LogP contribution >= 0.6 is 11.8 Å². The van der Waals surface area contributed by atoms with Crippen molar-refractivity contribution in [1.82, 2.24) is 20.2 Å². The summed E-state index contributed by atoms with van der Waals surface area (Å²) in [5.41, 5.74) is 0.542. The van der Waals surface area contributed by atoms with Crippen LogP contribution in [0.1, 0.15) is 50.3 Å². The summed E-state index contributed by atoms with van der Waals surface area (Å²) in [5.74, 6) is -0.720. The summed E-state index contributed by atoms with van der Waals surface area (Å²) >= 11 is 1.51. The van der Waals surface area contributed by atoms with Crippen molar-refractivity contribution in [3.8, 4) is 0 Å². The fourth-order valence-corrected chi connectivity index (χ4v) is 5.01. The van der Waals surface area contributed by atoms with Crippen molar-refractivity contribution in [1.29, 1.82) is 0 Å². The summed E-state index contributed by atoms with van der Waals surface area (Å²) in [4.78, 5) is 44.2. The number of hydrogen-bond donors (Lipinski definition) is 3. The number of amides is 2. The third-order valence-corrected chi connectivity index (χ3v) is 6.93. The molecule has 1 aromatic heterocycles. The Hall–Kier alpha value is -2.85. The first-order chi connectivity index (χ1) is 17.4. The van der Waals surface area contributed by atoms with E-state index in [-0.39, 0.29) is 24.3 Å². The lowest BCUT2D eigenvalue weighted by atomic mass is 9.87. The second kappa shape index (κ2) is 13.5. The minimum absolute atomic E-state index is 0.0581. The molecule has 0 bridgehead atoms. The summed E-state index contributed by atoms with van der Waals surface area (Å²) in [6, 6.07) is 8.22. The number of benzene rings is 1. The van der Waals surface area contributed by atoms with Crippen LogP contribution in [0.4, 0.5) is 0 Å². The number of rotatable bonds is 11. The first-order valence-corrected chi connectivity index (χ1v) is 13.8. The largest absolute Gasteiger partial charge is 0.480 e. The van der Waals surface area contributed by atoms with Crippen molar-refractivity contribution in [2.75, 3.05) is 25.1 Å². The molecule has 1 aromatic carbocycles. The number of imidazole rings is 1. The molecule has 2 amide bonds. The highest BCUT2D eigenvalue weighted by molar-refractivity contribution is 7.98. The van der Waals surface area contributed by atoms with E-state index in [4.69, 9.17) is 4.74 Å². The molecule has 2 aliphatic rings. The van der Waals surface area contributed by atoms with Gasteiger partial charge in [0.15, 0.2) is 6.04 Å². The van der Waals surface area contributed by atoms with Crippen LogP contribution in [0, 0.1) is 0 Å². The van der Waals surface area contributed by atoms with Crippen molar-refractivity contribution in [3.63, 3.8) is 0 Å². The molecule has 1 aliphatic carbocycles. The highest BCUT2D eigenvalue weighted by Gasteiger charge is 2.49. The van der Waals surface area contributed by atoms with Crippen LogP contribution in [-0.4, -0.2) is 75.0 Å². The van der Waals surface area contributed by atoms with Crippen LogP contribution in [0.25, 0.3) is 0 Å². The molecule has 1 saturated heterocycles. The molecule has 0 spiro atoms. The van der Waals surface area contributed by atoms with Crippen LogP contribution in [-0.2, 0) is 31.1 Å². The van der Waals surface area contributed by atoms with Crippen molar-refractivity contribution in [2.24, 2.45) is 0 Å². The van der Waals surface area contributed by atoms with Gasteiger partial charge < -0.3 is 25.0 Å². The molecule has 3 N–H and O–H groups in total. The molecule has 2 atom stereocenters. The number of nitrogens with zero attached hydrogens (tertiary/aromatic N) is 2. The number of likely N-dealkylation sites (tertiary alicyclic amines) is 1. The number of aromatic nitrogens is 2. The third-order valence-electron chi connectivity index (χ3n) is 6.21. The topological polar surface area (TPSA) is 125 Å². The number of aliphatic carboxylic acids is 1. The standard InChI is InChI=1S/C17H23NO4S.C9H13N3O/c1-3-14(19)18-15(16(20)21)17(11-23-2,22-13-9-10-13)12-7-5-4-6-8-12;13-9(12-3-1-2-4-12)5-8-6-10-7-11-8/h4-8,13,15H,3,9-11H2,1-2H3,(H,18,19)(H,20,21);6-7H,1-5H2,(H,10,11)/t15-,17+;/m1./s1. The van der Waals surface area contributed by atoms with Crippen molar-refractivity contribution >= 4 is 29.5 Å². The van der Waals surface area contributed by atoms with Gasteiger partial charge in [-0.05, 0) is 37.5 Å². The number of carbonyl (C=O) groups is 3. The number of carbonyl (C=O) groups excluding carboxylic acids is 2. The summed E-state index contributed by atoms with van der Waals surface area (Å²) in [7, 11) is 0. The van der Waals surface area contributed by atoms with E-state index in [1.807, 2.05) is 41.5 Å². The van der Waals surface area contributed by atoms with Gasteiger partial charge in [-0.1, -0.05) is 37.3 Å². The molecule has 1 saturated carbocycles. The third kappa shape index (κ3) is 7.57. The molecule has 4 rings (SSSR count). The average molecular weight is 517 g/mol. The number of aromatic amines is 1. The van der Waals surface area contributed by atoms with Crippen LogP contribution in [0.15, 0.2) is 42.9 Å². The van der Waals surface area contributed by atoms with E-state index in [0.29, 0.717) is 12.2 Å². The minimum Gasteiger partial charge on any atom is -0.480 e. The minimum atomic E-state index is -1.12. The monoisotopic (exact) mass is 516 g/mol. The maximum Gasteiger partial charge on any atom is 0.329 e. The Kier molecular flexibility index (Phi) is 10.4. The van der Waals surface area contributed by atoms with Crippen LogP contribution in [0.2, 0.25) is 0 Å². The van der Waals surface area contributed by atoms with Gasteiger partial charge in [0, 0.05) is 31.5 Å². The number of carboxylic acid groups (broad SMARTS) is 1. The Labute approximate surface area is 216 Å². The van der Waals surface area contributed by atoms with Crippen LogP contribution < -0.4 is 5.32 Å². The fourth-order valence-electron chi connectivity index (χ4n) is 4.18. The number of H-pyrrole nitrogens is 1. The number of carboxylic acids is 1. The van der Waals surface area contributed by atoms with Gasteiger partial charge in [-0.2, -0.15) is 11.8 Å². The lowest BCUT2D eigenvalue weighted by molar-refractivity contribution is -0.155. The van der Waals surface area contributed by atoms with Gasteiger partial charge in [0.25, 0.3) is 0 Å². The highest BCUT2D eigenvalue weighted by atomic mass is 32.2. The van der Waals surface area contributed by atoms with Crippen LogP contribution in [0.5, 0.6) is 0 Å². The highest BCUT2D eigenvalue weighted by Crippen LogP contribution is 2.40. The zero-order valence-corrected chi connectivity index (χ0v) is 21.8. The zero-order chi connectivity index (χ0) is 26.0. The second-order valence-electron chi connectivity index (χ2n) is 9.02. The van der Waals surface area contributed by atoms with E-state index >= 15 is 0 Å². The van der Waals surface area contributed by atoms with Crippen molar-refractivity contribution in [3.05, 3.63) is 54.1 Å². The van der Waals surface area contributed by atoms with Gasteiger partial charge in [-0.3, -0.25) is 9.59 Å². The second-order valence-corrected chi connectivity index (χ2v) is 9.89. The molecular weight excluding hydrogens is 480 g/mol. The van der Waals surface area contributed by atoms with Gasteiger partial charge >= 0.3 is 5.97 Å². The van der Waals surface area contributed by atoms with Gasteiger partial charge in [0.2, 0.25) is 11.8 Å². The first-order valence-electron chi connectivity index (χ1n) is 12.4. The number of nitrogens with one attached hydrogen (secondary N) is 2. The molecule has 196 valence electrons. The smallest absolute Gasteiger partial charge is 0.329 e. The Morgan fingerprint density at radius 3 is 2.47 bits per heavy atom. The summed E-state index contributed by atoms with van der Waals surface area (Å²) in [6.45, 7) is 3.54. The lowest BCUT2D eigenvalue weighted by Gasteiger charge is -2.39. The molecular formula is C26H36N4O5S. The Balaban J connectivity index is 0.000000233. The molecule has 2 fully saturated rings. The summed E-state index contributed by atoms with van der Waals surface area (Å²) in [5, 5.41) is 12.4. The molecule has 36 heavy (non-hydrogen) atoms. The molecule has 2 aromatic rings. The first kappa shape index (κ1) is 27.7. The van der Waals surface area contributed by atoms with Crippen molar-refractivity contribution in [2.45, 2.75) is 63.2 Å². The Morgan fingerprint density at radius 1 is 1.25 bits per heavy atom. The fraction of sp³-hybridized carbons (Fsp3) is 0.538. The average Bonchev–Trinajstić information content (AvgIpc) is 3.29. The van der Waals surface area contributed by atoms with Gasteiger partial charge in [-0.25, -0.2) is 9.78 Å². The van der Waals surface area contributed by atoms with E-state index in [1.54, 1.807) is 19.4 Å². The number of thioether (sulfide) groups is 1. The summed E-state index contributed by atoms with van der Waals surface area (Å²) in [6.07, 6.45) is 10.2. The van der Waals surface area contributed by atoms with Gasteiger partial charge in [0.05, 0.1) is 24.5 Å². The molecule has 0 radical (unpaired) electrons. The number of ether oxygens (including phenoxy) is 1. The molecule has 0 unspecified atom stereocenters. The predicted octanol–water partition coefficient (Wildman–Crippen LogP) is 2.98. The quantitative estimate of drug-likeness (QED) is 0.419. The summed E-state index contributed by atoms with van der Waals surface area (Å²) < 4.78 is 6.23. The van der Waals surface area contributed by atoms with E-state index in [1.165, 1.54) is 11.8 Å². The zero-order valence-electron chi connectivity index (χ0n) is 20.9. The van der Waals surface area contributed by atoms with Gasteiger partial charge in [0.1, 0.15) is 5.60 Å². The molecule has 1 aliphatic heterocycles. The van der Waals surface area contributed by atoms with E-state index < -0.39 is 17.6 Å². The molecule has 2 heterocycles. The predicted molar refractivity (Wildman–Crippen MR) is 139 cm³/mol. The maximum atomic E-state index is 11.9. The Morgan fingerprint density at radius 2 is 1.94 bits per heavy atom. The molecule has 10 heteroatoms. The maximum absolute atomic E-state index is 11.9. The lowest BCUT2D eigenvalue weighted by Crippen LogP contribution is -2.58. The van der Waals surface area contributed by atoms with E-state index in [9.17, 15) is 19.5 Å². The number of hydrogen-bond acceptors (Lipinski definition) is 6. The Bertz CT molecular complexity index is 977. The SMILES string of the molecule is CCC(=O)N[C@H](C(=O)O)[C@@](CSC)(OC1CC1)c1ccccc1.O=C(Cc1c[nH]cn1)N1CCCC1. The van der Waals surface area contributed by atoms with Crippen molar-refractivity contribution < 1.29 is 24.2 Å².